The number of nitrogens with one attached hydrogen (secondary N) is 1. The molecule has 0 aliphatic carbocycles. The van der Waals surface area contributed by atoms with Crippen LogP contribution >= 0.6 is 12.2 Å². The summed E-state index contributed by atoms with van der Waals surface area (Å²) in [6, 6.07) is 16.7. The maximum atomic E-state index is 10.7. The number of rotatable bonds is 5. The molecule has 2 rings (SSSR count). The monoisotopic (exact) mass is 332 g/mol. The normalized spacial score (nSPS) is 9.83. The highest BCUT2D eigenvalue weighted by molar-refractivity contribution is 7.80. The van der Waals surface area contributed by atoms with Gasteiger partial charge in [-0.15, -0.1) is 0 Å². The first kappa shape index (κ1) is 16.7. The van der Waals surface area contributed by atoms with Crippen LogP contribution in [-0.2, 0) is 14.7 Å². The lowest BCUT2D eigenvalue weighted by atomic mass is 10.3. The van der Waals surface area contributed by atoms with Crippen LogP contribution in [0.25, 0.3) is 0 Å². The maximum absolute atomic E-state index is 10.7. The quantitative estimate of drug-likeness (QED) is 0.511. The van der Waals surface area contributed by atoms with Gasteiger partial charge in [0.15, 0.2) is 0 Å². The molecule has 0 saturated heterocycles. The molecule has 0 aromatic heterocycles. The molecular weight excluding hydrogens is 316 g/mol. The molecule has 0 heterocycles. The average molecular weight is 332 g/mol. The SMILES string of the molecule is CC(=O)OON(C)C(=S)Nc1ccc(Oc2ccccc2)cc1. The number of thiocarbonyl (C=S) groups is 1. The molecule has 2 aromatic carbocycles. The summed E-state index contributed by atoms with van der Waals surface area (Å²) >= 11 is 5.12. The van der Waals surface area contributed by atoms with E-state index < -0.39 is 5.97 Å². The Balaban J connectivity index is 1.89. The number of hydroxylamine groups is 2. The Morgan fingerprint density at radius 1 is 1.04 bits per heavy atom. The highest BCUT2D eigenvalue weighted by atomic mass is 32.1. The zero-order valence-corrected chi connectivity index (χ0v) is 13.5. The number of anilines is 1. The molecule has 0 radical (unpaired) electrons. The van der Waals surface area contributed by atoms with Crippen molar-refractivity contribution in [3.8, 4) is 11.5 Å². The molecule has 23 heavy (non-hydrogen) atoms. The molecule has 6 nitrogen and oxygen atoms in total. The van der Waals surface area contributed by atoms with Crippen LogP contribution < -0.4 is 10.1 Å². The third-order valence-corrected chi connectivity index (χ3v) is 3.00. The van der Waals surface area contributed by atoms with Crippen LogP contribution in [0.4, 0.5) is 5.69 Å². The number of benzene rings is 2. The van der Waals surface area contributed by atoms with Gasteiger partial charge in [-0.05, 0) is 48.6 Å². The fourth-order valence-electron chi connectivity index (χ4n) is 1.58. The molecule has 0 unspecified atom stereocenters. The van der Waals surface area contributed by atoms with Gasteiger partial charge in [0.25, 0.3) is 0 Å². The van der Waals surface area contributed by atoms with E-state index >= 15 is 0 Å². The molecular formula is C16H16N2O4S. The molecule has 120 valence electrons. The molecule has 0 spiro atoms. The van der Waals surface area contributed by atoms with Gasteiger partial charge in [-0.3, -0.25) is 4.89 Å². The number of nitrogens with zero attached hydrogens (tertiary/aromatic N) is 1. The number of ether oxygens (including phenoxy) is 1. The predicted molar refractivity (Wildman–Crippen MR) is 89.8 cm³/mol. The maximum Gasteiger partial charge on any atom is 0.342 e. The van der Waals surface area contributed by atoms with Crippen molar-refractivity contribution in [1.82, 2.24) is 5.06 Å². The Labute approximate surface area is 139 Å². The van der Waals surface area contributed by atoms with E-state index in [9.17, 15) is 4.79 Å². The Bertz CT molecular complexity index is 662. The number of hydrogen-bond acceptors (Lipinski definition) is 5. The van der Waals surface area contributed by atoms with Gasteiger partial charge in [0, 0.05) is 19.7 Å². The standard InChI is InChI=1S/C16H16N2O4S/c1-12(19)21-22-18(2)16(23)17-13-8-10-15(11-9-13)20-14-6-4-3-5-7-14/h3-11H,1-2H3,(H,17,23). The number of carbonyl (C=O) groups excluding carboxylic acids is 1. The molecule has 2 aromatic rings. The Hall–Kier alpha value is -2.64. The summed E-state index contributed by atoms with van der Waals surface area (Å²) in [5.74, 6) is 0.900. The van der Waals surface area contributed by atoms with Crippen molar-refractivity contribution in [2.75, 3.05) is 12.4 Å². The lowest BCUT2D eigenvalue weighted by Crippen LogP contribution is -2.31. The lowest BCUT2D eigenvalue weighted by molar-refractivity contribution is -0.362. The zero-order valence-electron chi connectivity index (χ0n) is 12.7. The molecule has 0 fully saturated rings. The van der Waals surface area contributed by atoms with E-state index in [4.69, 9.17) is 21.9 Å². The smallest absolute Gasteiger partial charge is 0.342 e. The predicted octanol–water partition coefficient (Wildman–Crippen LogP) is 3.52. The van der Waals surface area contributed by atoms with Crippen molar-refractivity contribution in [2.45, 2.75) is 6.92 Å². The van der Waals surface area contributed by atoms with E-state index in [1.165, 1.54) is 14.0 Å². The van der Waals surface area contributed by atoms with E-state index in [0.29, 0.717) is 5.75 Å². The van der Waals surface area contributed by atoms with E-state index in [-0.39, 0.29) is 5.11 Å². The fraction of sp³-hybridized carbons (Fsp3) is 0.125. The second-order valence-electron chi connectivity index (χ2n) is 4.52. The van der Waals surface area contributed by atoms with Crippen molar-refractivity contribution in [1.29, 1.82) is 0 Å². The van der Waals surface area contributed by atoms with Crippen molar-refractivity contribution in [2.24, 2.45) is 0 Å². The molecule has 7 heteroatoms. The van der Waals surface area contributed by atoms with Crippen molar-refractivity contribution >= 4 is 29.0 Å². The van der Waals surface area contributed by atoms with Gasteiger partial charge < -0.3 is 10.1 Å². The van der Waals surface area contributed by atoms with E-state index in [0.717, 1.165) is 16.5 Å². The minimum absolute atomic E-state index is 0.239. The Kier molecular flexibility index (Phi) is 5.90. The molecule has 0 atom stereocenters. The molecule has 0 bridgehead atoms. The summed E-state index contributed by atoms with van der Waals surface area (Å²) in [7, 11) is 1.52. The summed E-state index contributed by atoms with van der Waals surface area (Å²) in [4.78, 5) is 19.7. The van der Waals surface area contributed by atoms with Crippen LogP contribution in [0.3, 0.4) is 0 Å². The number of carbonyl (C=O) groups is 1. The van der Waals surface area contributed by atoms with Crippen LogP contribution in [0.5, 0.6) is 11.5 Å². The molecule has 1 N–H and O–H groups in total. The third-order valence-electron chi connectivity index (χ3n) is 2.64. The lowest BCUT2D eigenvalue weighted by Gasteiger charge is -2.17. The summed E-state index contributed by atoms with van der Waals surface area (Å²) in [6.07, 6.45) is 0. The Morgan fingerprint density at radius 2 is 1.65 bits per heavy atom. The largest absolute Gasteiger partial charge is 0.457 e. The van der Waals surface area contributed by atoms with Crippen LogP contribution in [0.1, 0.15) is 6.92 Å². The van der Waals surface area contributed by atoms with Gasteiger partial charge in [0.2, 0.25) is 5.11 Å². The Morgan fingerprint density at radius 3 is 2.26 bits per heavy atom. The number of hydrogen-bond donors (Lipinski definition) is 1. The minimum atomic E-state index is -0.568. The first-order chi connectivity index (χ1) is 11.0. The molecule has 0 saturated carbocycles. The first-order valence-corrected chi connectivity index (χ1v) is 7.18. The summed E-state index contributed by atoms with van der Waals surface area (Å²) in [6.45, 7) is 1.23. The van der Waals surface area contributed by atoms with E-state index in [1.54, 1.807) is 0 Å². The van der Waals surface area contributed by atoms with E-state index in [2.05, 4.69) is 10.2 Å². The van der Waals surface area contributed by atoms with E-state index in [1.807, 2.05) is 54.6 Å². The van der Waals surface area contributed by atoms with Gasteiger partial charge in [0.1, 0.15) is 11.5 Å². The second-order valence-corrected chi connectivity index (χ2v) is 4.90. The van der Waals surface area contributed by atoms with Crippen molar-refractivity contribution in [3.63, 3.8) is 0 Å². The summed E-state index contributed by atoms with van der Waals surface area (Å²) in [5.41, 5.74) is 0.744. The van der Waals surface area contributed by atoms with Crippen LogP contribution in [0.2, 0.25) is 0 Å². The van der Waals surface area contributed by atoms with Crippen LogP contribution in [-0.4, -0.2) is 23.2 Å². The zero-order chi connectivity index (χ0) is 16.7. The van der Waals surface area contributed by atoms with Gasteiger partial charge in [-0.1, -0.05) is 23.2 Å². The van der Waals surface area contributed by atoms with Crippen LogP contribution in [0.15, 0.2) is 54.6 Å². The van der Waals surface area contributed by atoms with Gasteiger partial charge in [0.05, 0.1) is 0 Å². The molecule has 0 amide bonds. The summed E-state index contributed by atoms with van der Waals surface area (Å²) in [5, 5.41) is 4.31. The topological polar surface area (TPSA) is 60.0 Å². The van der Waals surface area contributed by atoms with Crippen molar-refractivity contribution < 1.29 is 19.4 Å². The summed E-state index contributed by atoms with van der Waals surface area (Å²) < 4.78 is 5.70. The minimum Gasteiger partial charge on any atom is -0.457 e. The molecule has 0 aliphatic rings. The van der Waals surface area contributed by atoms with Crippen LogP contribution in [0, 0.1) is 0 Å². The van der Waals surface area contributed by atoms with Gasteiger partial charge in [-0.2, -0.15) is 5.06 Å². The molecule has 0 aliphatic heterocycles. The number of para-hydroxylation sites is 1. The second kappa shape index (κ2) is 8.11. The third kappa shape index (κ3) is 5.57. The highest BCUT2D eigenvalue weighted by Crippen LogP contribution is 2.22. The van der Waals surface area contributed by atoms with Crippen molar-refractivity contribution in [3.05, 3.63) is 54.6 Å². The average Bonchev–Trinajstić information content (AvgIpc) is 2.55. The van der Waals surface area contributed by atoms with Gasteiger partial charge >= 0.3 is 5.97 Å². The highest BCUT2D eigenvalue weighted by Gasteiger charge is 2.08. The first-order valence-electron chi connectivity index (χ1n) is 6.77. The fourth-order valence-corrected chi connectivity index (χ4v) is 1.72. The van der Waals surface area contributed by atoms with Gasteiger partial charge in [-0.25, -0.2) is 4.79 Å².